The van der Waals surface area contributed by atoms with Crippen molar-refractivity contribution >= 4 is 17.2 Å². The number of rotatable bonds is 2. The lowest BCUT2D eigenvalue weighted by atomic mass is 10.2. The highest BCUT2D eigenvalue weighted by atomic mass is 32.1. The van der Waals surface area contributed by atoms with Crippen molar-refractivity contribution in [2.45, 2.75) is 6.18 Å². The molecule has 2 heterocycles. The van der Waals surface area contributed by atoms with E-state index in [4.69, 9.17) is 17.0 Å². The lowest BCUT2D eigenvalue weighted by molar-refractivity contribution is -0.137. The minimum absolute atomic E-state index is 0.281. The summed E-state index contributed by atoms with van der Waals surface area (Å²) in [7, 11) is 0. The normalized spacial score (nSPS) is 15.7. The summed E-state index contributed by atoms with van der Waals surface area (Å²) < 4.78 is 44.9. The van der Waals surface area contributed by atoms with Crippen molar-refractivity contribution in [2.24, 2.45) is 0 Å². The minimum Gasteiger partial charge on any atom is -0.378 e. The molecule has 23 heavy (non-hydrogen) atoms. The Labute approximate surface area is 135 Å². The number of nitrogens with zero attached hydrogens (tertiary/aromatic N) is 4. The van der Waals surface area contributed by atoms with E-state index >= 15 is 0 Å². The minimum atomic E-state index is -4.40. The zero-order chi connectivity index (χ0) is 16.4. The average Bonchev–Trinajstić information content (AvgIpc) is 3.04. The van der Waals surface area contributed by atoms with Crippen molar-refractivity contribution in [1.29, 1.82) is 0 Å². The molecular weight excluding hydrogens is 329 g/mol. The van der Waals surface area contributed by atoms with Crippen LogP contribution in [0.4, 0.5) is 13.2 Å². The number of thiocarbonyl (C=S) groups is 1. The van der Waals surface area contributed by atoms with Gasteiger partial charge in [-0.3, -0.25) is 0 Å². The number of ether oxygens (including phenoxy) is 1. The molecule has 1 fully saturated rings. The molecule has 9 heteroatoms. The van der Waals surface area contributed by atoms with Crippen molar-refractivity contribution in [3.05, 3.63) is 41.7 Å². The number of morpholine rings is 1. The summed E-state index contributed by atoms with van der Waals surface area (Å²) in [6, 6.07) is 4.90. The van der Waals surface area contributed by atoms with Crippen LogP contribution in [0, 0.1) is 0 Å². The third kappa shape index (κ3) is 3.50. The van der Waals surface area contributed by atoms with Gasteiger partial charge in [0.25, 0.3) is 0 Å². The van der Waals surface area contributed by atoms with Crippen LogP contribution in [-0.4, -0.2) is 51.2 Å². The van der Waals surface area contributed by atoms with E-state index in [1.165, 1.54) is 23.0 Å². The Kier molecular flexibility index (Phi) is 4.31. The highest BCUT2D eigenvalue weighted by molar-refractivity contribution is 7.80. The first-order valence-corrected chi connectivity index (χ1v) is 7.33. The molecule has 1 aromatic heterocycles. The van der Waals surface area contributed by atoms with Crippen molar-refractivity contribution in [3.8, 4) is 5.69 Å². The third-order valence-corrected chi connectivity index (χ3v) is 3.92. The molecule has 1 aliphatic rings. The van der Waals surface area contributed by atoms with Crippen molar-refractivity contribution in [3.63, 3.8) is 0 Å². The molecule has 3 rings (SSSR count). The quantitative estimate of drug-likeness (QED) is 0.784. The Balaban J connectivity index is 1.83. The Morgan fingerprint density at radius 3 is 2.65 bits per heavy atom. The van der Waals surface area contributed by atoms with E-state index in [0.29, 0.717) is 37.0 Å². The van der Waals surface area contributed by atoms with Crippen LogP contribution in [0.2, 0.25) is 0 Å². The monoisotopic (exact) mass is 342 g/mol. The first-order chi connectivity index (χ1) is 10.9. The van der Waals surface area contributed by atoms with Crippen LogP contribution in [0.5, 0.6) is 0 Å². The second-order valence-electron chi connectivity index (χ2n) is 5.00. The Hall–Kier alpha value is -2.00. The maximum Gasteiger partial charge on any atom is 0.416 e. The zero-order valence-corrected chi connectivity index (χ0v) is 12.8. The summed E-state index contributed by atoms with van der Waals surface area (Å²) in [6.07, 6.45) is -2.87. The number of halogens is 3. The summed E-state index contributed by atoms with van der Waals surface area (Å²) in [5, 5.41) is 7.85. The molecule has 1 saturated heterocycles. The maximum absolute atomic E-state index is 12.8. The number of benzene rings is 1. The predicted octanol–water partition coefficient (Wildman–Crippen LogP) is 2.29. The summed E-state index contributed by atoms with van der Waals surface area (Å²) in [4.78, 5) is 2.46. The molecule has 5 nitrogen and oxygen atoms in total. The molecular formula is C14H13F3N4OS. The van der Waals surface area contributed by atoms with Gasteiger partial charge in [0.15, 0.2) is 0 Å². The van der Waals surface area contributed by atoms with E-state index in [9.17, 15) is 13.2 Å². The molecule has 0 N–H and O–H groups in total. The van der Waals surface area contributed by atoms with Gasteiger partial charge in [0.1, 0.15) is 10.7 Å². The molecule has 122 valence electrons. The Bertz CT molecular complexity index is 710. The van der Waals surface area contributed by atoms with E-state index in [0.717, 1.165) is 12.1 Å². The molecule has 0 bridgehead atoms. The Morgan fingerprint density at radius 1 is 1.22 bits per heavy atom. The number of alkyl halides is 3. The summed E-state index contributed by atoms with van der Waals surface area (Å²) >= 11 is 5.36. The molecule has 0 aliphatic carbocycles. The molecule has 1 aliphatic heterocycles. The third-order valence-electron chi connectivity index (χ3n) is 3.45. The summed E-state index contributed by atoms with van der Waals surface area (Å²) in [5.41, 5.74) is 0.00506. The van der Waals surface area contributed by atoms with Crippen LogP contribution in [0.1, 0.15) is 11.3 Å². The van der Waals surface area contributed by atoms with E-state index in [1.807, 2.05) is 4.90 Å². The van der Waals surface area contributed by atoms with E-state index in [1.54, 1.807) is 0 Å². The largest absolute Gasteiger partial charge is 0.416 e. The fourth-order valence-corrected chi connectivity index (χ4v) is 2.52. The van der Waals surface area contributed by atoms with Crippen LogP contribution in [-0.2, 0) is 10.9 Å². The van der Waals surface area contributed by atoms with Gasteiger partial charge in [0, 0.05) is 13.1 Å². The second-order valence-corrected chi connectivity index (χ2v) is 5.39. The smallest absolute Gasteiger partial charge is 0.378 e. The van der Waals surface area contributed by atoms with Gasteiger partial charge in [-0.15, -0.1) is 5.10 Å². The molecule has 0 atom stereocenters. The maximum atomic E-state index is 12.8. The zero-order valence-electron chi connectivity index (χ0n) is 12.0. The standard InChI is InChI=1S/C14H13F3N4OS/c15-14(16,17)10-2-1-3-11(8-10)21-9-12(18-19-21)13(23)20-4-6-22-7-5-20/h1-3,8-9H,4-7H2. The van der Waals surface area contributed by atoms with Gasteiger partial charge in [-0.2, -0.15) is 13.2 Å². The molecule has 2 aromatic rings. The van der Waals surface area contributed by atoms with Gasteiger partial charge < -0.3 is 9.64 Å². The Morgan fingerprint density at radius 2 is 1.96 bits per heavy atom. The van der Waals surface area contributed by atoms with Gasteiger partial charge in [-0.25, -0.2) is 4.68 Å². The molecule has 0 spiro atoms. The lowest BCUT2D eigenvalue weighted by Crippen LogP contribution is -2.40. The first kappa shape index (κ1) is 15.9. The number of hydrogen-bond acceptors (Lipinski definition) is 4. The molecule has 0 radical (unpaired) electrons. The van der Waals surface area contributed by atoms with Crippen LogP contribution >= 0.6 is 12.2 Å². The SMILES string of the molecule is FC(F)(F)c1cccc(-n2cc(C(=S)N3CCOCC3)nn2)c1. The van der Waals surface area contributed by atoms with Gasteiger partial charge in [-0.05, 0) is 18.2 Å². The highest BCUT2D eigenvalue weighted by Gasteiger charge is 2.30. The van der Waals surface area contributed by atoms with E-state index < -0.39 is 11.7 Å². The fraction of sp³-hybridized carbons (Fsp3) is 0.357. The number of aromatic nitrogens is 3. The van der Waals surface area contributed by atoms with Gasteiger partial charge in [-0.1, -0.05) is 23.5 Å². The van der Waals surface area contributed by atoms with Gasteiger partial charge >= 0.3 is 6.18 Å². The number of hydrogen-bond donors (Lipinski definition) is 0. The highest BCUT2D eigenvalue weighted by Crippen LogP contribution is 2.30. The summed E-state index contributed by atoms with van der Waals surface area (Å²) in [5.74, 6) is 0. The van der Waals surface area contributed by atoms with E-state index in [-0.39, 0.29) is 5.69 Å². The average molecular weight is 342 g/mol. The topological polar surface area (TPSA) is 43.2 Å². The first-order valence-electron chi connectivity index (χ1n) is 6.92. The van der Waals surface area contributed by atoms with Crippen LogP contribution < -0.4 is 0 Å². The molecule has 1 aromatic carbocycles. The van der Waals surface area contributed by atoms with Crippen molar-refractivity contribution < 1.29 is 17.9 Å². The van der Waals surface area contributed by atoms with E-state index in [2.05, 4.69) is 10.3 Å². The molecule has 0 unspecified atom stereocenters. The summed E-state index contributed by atoms with van der Waals surface area (Å²) in [6.45, 7) is 2.49. The van der Waals surface area contributed by atoms with Gasteiger partial charge in [0.05, 0.1) is 30.7 Å². The van der Waals surface area contributed by atoms with Crippen LogP contribution in [0.3, 0.4) is 0 Å². The van der Waals surface area contributed by atoms with Gasteiger partial charge in [0.2, 0.25) is 0 Å². The predicted molar refractivity (Wildman–Crippen MR) is 80.5 cm³/mol. The van der Waals surface area contributed by atoms with Crippen molar-refractivity contribution in [1.82, 2.24) is 19.9 Å². The molecule has 0 amide bonds. The molecule has 0 saturated carbocycles. The van der Waals surface area contributed by atoms with Crippen molar-refractivity contribution in [2.75, 3.05) is 26.3 Å². The lowest BCUT2D eigenvalue weighted by Gasteiger charge is -2.27. The second kappa shape index (κ2) is 6.25. The van der Waals surface area contributed by atoms with Crippen LogP contribution in [0.25, 0.3) is 5.69 Å². The van der Waals surface area contributed by atoms with Crippen LogP contribution in [0.15, 0.2) is 30.5 Å². The fourth-order valence-electron chi connectivity index (χ4n) is 2.24.